The molecule has 0 radical (unpaired) electrons. The van der Waals surface area contributed by atoms with Crippen molar-refractivity contribution in [2.45, 2.75) is 40.8 Å². The van der Waals surface area contributed by atoms with Crippen molar-refractivity contribution >= 4 is 33.3 Å². The predicted octanol–water partition coefficient (Wildman–Crippen LogP) is 6.04. The molecule has 2 aromatic heterocycles. The number of hydrogen-bond acceptors (Lipinski definition) is 7. The van der Waals surface area contributed by atoms with Gasteiger partial charge in [0, 0.05) is 28.6 Å². The van der Waals surface area contributed by atoms with E-state index in [1.54, 1.807) is 12.1 Å². The number of nitrogen functional groups attached to an aromatic ring is 1. The van der Waals surface area contributed by atoms with Gasteiger partial charge in [-0.2, -0.15) is 0 Å². The molecule has 4 rings (SSSR count). The Morgan fingerprint density at radius 1 is 0.765 bits per heavy atom. The lowest BCUT2D eigenvalue weighted by Crippen LogP contribution is -2.21. The molecule has 0 fully saturated rings. The van der Waals surface area contributed by atoms with E-state index in [0.29, 0.717) is 5.58 Å². The molecule has 8 nitrogen and oxygen atoms in total. The zero-order chi connectivity index (χ0) is 24.7. The molecule has 0 amide bonds. The number of hydrogen-bond donors (Lipinski definition) is 1. The van der Waals surface area contributed by atoms with Gasteiger partial charge in [-0.3, -0.25) is 19.9 Å². The van der Waals surface area contributed by atoms with Crippen molar-refractivity contribution < 1.29 is 13.8 Å². The van der Waals surface area contributed by atoms with Crippen LogP contribution in [0.4, 0.5) is 11.4 Å². The highest BCUT2D eigenvalue weighted by Crippen LogP contribution is 2.25. The molecule has 0 saturated carbocycles. The van der Waals surface area contributed by atoms with E-state index in [0.717, 1.165) is 72.8 Å². The van der Waals surface area contributed by atoms with Gasteiger partial charge in [-0.05, 0) is 62.6 Å². The monoisotopic (exact) mass is 466 g/mol. The molecule has 8 heteroatoms. The van der Waals surface area contributed by atoms with Crippen LogP contribution in [0.3, 0.4) is 0 Å². The predicted molar refractivity (Wildman–Crippen MR) is 137 cm³/mol. The summed E-state index contributed by atoms with van der Waals surface area (Å²) in [5, 5.41) is 12.6. The normalized spacial score (nSPS) is 11.4. The van der Waals surface area contributed by atoms with E-state index in [1.807, 2.05) is 24.3 Å². The molecule has 0 unspecified atom stereocenters. The number of non-ortho nitro benzene ring substituents is 1. The molecule has 2 aromatic carbocycles. The highest BCUT2D eigenvalue weighted by atomic mass is 16.6. The van der Waals surface area contributed by atoms with Crippen molar-refractivity contribution in [3.63, 3.8) is 0 Å². The maximum Gasteiger partial charge on any atom is 0.270 e. The molecule has 0 aliphatic carbocycles. The van der Waals surface area contributed by atoms with Gasteiger partial charge in [0.25, 0.3) is 5.69 Å². The first-order valence-electron chi connectivity index (χ1n) is 11.8. The third kappa shape index (κ3) is 6.36. The van der Waals surface area contributed by atoms with Gasteiger partial charge in [-0.15, -0.1) is 0 Å². The summed E-state index contributed by atoms with van der Waals surface area (Å²) in [7, 11) is 0. The summed E-state index contributed by atoms with van der Waals surface area (Å²) in [6, 6.07) is 14.4. The van der Waals surface area contributed by atoms with Crippen molar-refractivity contribution in [2.75, 3.05) is 31.9 Å². The maximum absolute atomic E-state index is 10.7. The number of nitro groups is 1. The third-order valence-electron chi connectivity index (χ3n) is 5.90. The average molecular weight is 467 g/mol. The Hall–Kier alpha value is -3.36. The van der Waals surface area contributed by atoms with E-state index in [4.69, 9.17) is 14.6 Å². The van der Waals surface area contributed by atoms with Gasteiger partial charge in [0.1, 0.15) is 22.7 Å². The molecule has 0 atom stereocenters. The van der Waals surface area contributed by atoms with E-state index >= 15 is 0 Å². The first-order valence-corrected chi connectivity index (χ1v) is 11.8. The quantitative estimate of drug-likeness (QED) is 0.182. The first-order chi connectivity index (χ1) is 16.4. The summed E-state index contributed by atoms with van der Waals surface area (Å²) in [6.07, 6.45) is 0. The number of rotatable bonds is 9. The van der Waals surface area contributed by atoms with Gasteiger partial charge in [-0.25, -0.2) is 0 Å². The number of furan rings is 2. The summed E-state index contributed by atoms with van der Waals surface area (Å²) in [5.74, 6) is 1.85. The van der Waals surface area contributed by atoms with Crippen LogP contribution in [0.1, 0.15) is 39.2 Å². The molecule has 0 aliphatic rings. The zero-order valence-electron chi connectivity index (χ0n) is 20.4. The fourth-order valence-electron chi connectivity index (χ4n) is 3.81. The van der Waals surface area contributed by atoms with Gasteiger partial charge < -0.3 is 14.6 Å². The largest absolute Gasteiger partial charge is 0.460 e. The minimum Gasteiger partial charge on any atom is -0.460 e. The molecule has 0 saturated heterocycles. The van der Waals surface area contributed by atoms with Crippen molar-refractivity contribution in [3.05, 3.63) is 70.2 Å². The van der Waals surface area contributed by atoms with Crippen LogP contribution in [0.2, 0.25) is 0 Å². The number of nitro benzene ring substituents is 1. The van der Waals surface area contributed by atoms with Crippen LogP contribution in [0.25, 0.3) is 21.9 Å². The lowest BCUT2D eigenvalue weighted by atomic mass is 10.2. The van der Waals surface area contributed by atoms with E-state index in [1.165, 1.54) is 6.07 Å². The van der Waals surface area contributed by atoms with Crippen molar-refractivity contribution in [1.82, 2.24) is 9.80 Å². The fourth-order valence-corrected chi connectivity index (χ4v) is 3.81. The SMILES string of the molecule is CCN(CC)Cc1cc2cc(N)ccc2o1.CCN(CC)Cc1cc2cc([N+](=O)[O-])ccc2o1. The van der Waals surface area contributed by atoms with Crippen LogP contribution in [0, 0.1) is 10.1 Å². The molecule has 2 heterocycles. The summed E-state index contributed by atoms with van der Waals surface area (Å²) in [6.45, 7) is 14.1. The molecule has 182 valence electrons. The summed E-state index contributed by atoms with van der Waals surface area (Å²) in [4.78, 5) is 14.8. The van der Waals surface area contributed by atoms with Crippen LogP contribution >= 0.6 is 0 Å². The Bertz CT molecular complexity index is 1220. The standard InChI is InChI=1S/C13H16N2O3.C13H18N2O/c1-3-14(4-2)9-12-8-10-7-11(15(16)17)5-6-13(10)18-12;1-3-15(4-2)9-12-8-10-7-11(14)5-6-13(10)16-12/h5-8H,3-4,9H2,1-2H3;5-8H,3-4,9,14H2,1-2H3. The number of nitrogens with zero attached hydrogens (tertiary/aromatic N) is 3. The second-order valence-electron chi connectivity index (χ2n) is 8.12. The third-order valence-corrected chi connectivity index (χ3v) is 5.90. The van der Waals surface area contributed by atoms with Crippen molar-refractivity contribution in [2.24, 2.45) is 0 Å². The van der Waals surface area contributed by atoms with Crippen LogP contribution in [-0.2, 0) is 13.1 Å². The number of anilines is 1. The topological polar surface area (TPSA) is 102 Å². The highest BCUT2D eigenvalue weighted by molar-refractivity contribution is 5.81. The van der Waals surface area contributed by atoms with Gasteiger partial charge in [0.05, 0.1) is 18.0 Å². The van der Waals surface area contributed by atoms with Crippen LogP contribution in [-0.4, -0.2) is 40.9 Å². The van der Waals surface area contributed by atoms with E-state index < -0.39 is 4.92 Å². The number of fused-ring (bicyclic) bond motifs is 2. The van der Waals surface area contributed by atoms with E-state index in [9.17, 15) is 10.1 Å². The second-order valence-corrected chi connectivity index (χ2v) is 8.12. The van der Waals surface area contributed by atoms with Gasteiger partial charge in [-0.1, -0.05) is 27.7 Å². The van der Waals surface area contributed by atoms with E-state index in [-0.39, 0.29) is 5.69 Å². The average Bonchev–Trinajstić information content (AvgIpc) is 3.43. The van der Waals surface area contributed by atoms with Crippen LogP contribution < -0.4 is 5.73 Å². The lowest BCUT2D eigenvalue weighted by Gasteiger charge is -2.15. The molecule has 0 spiro atoms. The second kappa shape index (κ2) is 11.7. The van der Waals surface area contributed by atoms with Crippen molar-refractivity contribution in [1.29, 1.82) is 0 Å². The van der Waals surface area contributed by atoms with Crippen LogP contribution in [0.15, 0.2) is 57.4 Å². The first kappa shape index (κ1) is 25.3. The van der Waals surface area contributed by atoms with Crippen molar-refractivity contribution in [3.8, 4) is 0 Å². The molecular formula is C26H34N4O4. The maximum atomic E-state index is 10.7. The summed E-state index contributed by atoms with van der Waals surface area (Å²) >= 11 is 0. The molecule has 4 aromatic rings. The zero-order valence-corrected chi connectivity index (χ0v) is 20.4. The minimum atomic E-state index is -0.392. The molecule has 0 aliphatic heterocycles. The highest BCUT2D eigenvalue weighted by Gasteiger charge is 2.11. The summed E-state index contributed by atoms with van der Waals surface area (Å²) in [5.41, 5.74) is 8.22. The molecular weight excluding hydrogens is 432 g/mol. The minimum absolute atomic E-state index is 0.0951. The Kier molecular flexibility index (Phi) is 8.67. The smallest absolute Gasteiger partial charge is 0.270 e. The Morgan fingerprint density at radius 2 is 1.24 bits per heavy atom. The fraction of sp³-hybridized carbons (Fsp3) is 0.385. The molecule has 34 heavy (non-hydrogen) atoms. The van der Waals surface area contributed by atoms with Gasteiger partial charge >= 0.3 is 0 Å². The Morgan fingerprint density at radius 3 is 1.71 bits per heavy atom. The summed E-state index contributed by atoms with van der Waals surface area (Å²) < 4.78 is 11.4. The number of benzene rings is 2. The van der Waals surface area contributed by atoms with E-state index in [2.05, 4.69) is 43.6 Å². The van der Waals surface area contributed by atoms with Gasteiger partial charge in [0.2, 0.25) is 0 Å². The van der Waals surface area contributed by atoms with Gasteiger partial charge in [0.15, 0.2) is 0 Å². The Balaban J connectivity index is 0.000000192. The Labute approximate surface area is 200 Å². The molecule has 2 N–H and O–H groups in total. The van der Waals surface area contributed by atoms with Crippen LogP contribution in [0.5, 0.6) is 0 Å². The lowest BCUT2D eigenvalue weighted by molar-refractivity contribution is -0.384. The molecule has 0 bridgehead atoms. The number of nitrogens with two attached hydrogens (primary N) is 1.